The molecule has 0 aliphatic carbocycles. The van der Waals surface area contributed by atoms with Crippen LogP contribution in [0.4, 0.5) is 13.2 Å². The second-order valence-corrected chi connectivity index (χ2v) is 6.92. The Hall–Kier alpha value is -0.222. The maximum absolute atomic E-state index is 11.7. The molecular weight excluding hydrogens is 314 g/mol. The average molecular weight is 318 g/mol. The SMILES string of the molecule is O=C(NC1=C[AsH]C(Br)=C1)C(F)(F)F. The first-order valence-corrected chi connectivity index (χ1v) is 6.17. The van der Waals surface area contributed by atoms with Crippen LogP contribution in [0.3, 0.4) is 0 Å². The van der Waals surface area contributed by atoms with Gasteiger partial charge in [0, 0.05) is 0 Å². The molecule has 0 bridgehead atoms. The molecular formula is C6H4AsBrF3NO. The van der Waals surface area contributed by atoms with E-state index in [0.717, 1.165) is 3.27 Å². The summed E-state index contributed by atoms with van der Waals surface area (Å²) in [6.45, 7) is 0. The monoisotopic (exact) mass is 317 g/mol. The van der Waals surface area contributed by atoms with E-state index in [0.29, 0.717) is 0 Å². The second-order valence-electron chi connectivity index (χ2n) is 2.19. The summed E-state index contributed by atoms with van der Waals surface area (Å²) in [7, 11) is 0. The molecule has 72 valence electrons. The van der Waals surface area contributed by atoms with Gasteiger partial charge in [0.05, 0.1) is 0 Å². The zero-order chi connectivity index (χ0) is 10.1. The minimum absolute atomic E-state index is 0.231. The van der Waals surface area contributed by atoms with Crippen molar-refractivity contribution in [3.05, 3.63) is 19.9 Å². The van der Waals surface area contributed by atoms with Gasteiger partial charge < -0.3 is 0 Å². The number of carbonyl (C=O) groups is 1. The third kappa shape index (κ3) is 3.19. The molecule has 1 atom stereocenters. The molecule has 2 nitrogen and oxygen atoms in total. The van der Waals surface area contributed by atoms with E-state index in [1.54, 1.807) is 10.2 Å². The van der Waals surface area contributed by atoms with Gasteiger partial charge in [0.2, 0.25) is 0 Å². The number of halogens is 4. The predicted molar refractivity (Wildman–Crippen MR) is 46.4 cm³/mol. The summed E-state index contributed by atoms with van der Waals surface area (Å²) in [6.07, 6.45) is -3.33. The Bertz CT molecular complexity index is 297. The zero-order valence-electron chi connectivity index (χ0n) is 6.07. The summed E-state index contributed by atoms with van der Waals surface area (Å²) in [5.74, 6) is -1.93. The predicted octanol–water partition coefficient (Wildman–Crippen LogP) is 1.19. The number of carbonyl (C=O) groups excluding carboxylic acids is 1. The van der Waals surface area contributed by atoms with Crippen LogP contribution in [0, 0.1) is 0 Å². The fraction of sp³-hybridized carbons (Fsp3) is 0.167. The van der Waals surface area contributed by atoms with Crippen molar-refractivity contribution in [2.75, 3.05) is 0 Å². The number of hydrogen-bond donors (Lipinski definition) is 1. The Morgan fingerprint density at radius 3 is 2.54 bits per heavy atom. The van der Waals surface area contributed by atoms with E-state index in [-0.39, 0.29) is 5.70 Å². The fourth-order valence-corrected chi connectivity index (χ4v) is 2.92. The van der Waals surface area contributed by atoms with Gasteiger partial charge in [-0.3, -0.25) is 0 Å². The van der Waals surface area contributed by atoms with Crippen LogP contribution in [0.2, 0.25) is 0 Å². The van der Waals surface area contributed by atoms with Crippen LogP contribution in [0.15, 0.2) is 19.9 Å². The summed E-state index contributed by atoms with van der Waals surface area (Å²) in [5, 5.41) is 1.77. The summed E-state index contributed by atoms with van der Waals surface area (Å²) in [5.41, 5.74) is 0.231. The molecule has 1 amide bonds. The number of nitrogens with one attached hydrogen (secondary N) is 1. The zero-order valence-corrected chi connectivity index (χ0v) is 9.76. The summed E-state index contributed by atoms with van der Waals surface area (Å²) < 4.78 is 36.1. The van der Waals surface area contributed by atoms with E-state index in [1.807, 2.05) is 0 Å². The first-order valence-electron chi connectivity index (χ1n) is 3.11. The van der Waals surface area contributed by atoms with E-state index in [4.69, 9.17) is 0 Å². The number of rotatable bonds is 1. The fourth-order valence-electron chi connectivity index (χ4n) is 0.641. The third-order valence-corrected chi connectivity index (χ3v) is 4.42. The molecule has 7 heteroatoms. The first kappa shape index (κ1) is 10.9. The van der Waals surface area contributed by atoms with Crippen LogP contribution in [0.25, 0.3) is 0 Å². The van der Waals surface area contributed by atoms with E-state index < -0.39 is 27.8 Å². The van der Waals surface area contributed by atoms with Crippen LogP contribution in [-0.2, 0) is 4.79 Å². The number of alkyl halides is 3. The van der Waals surface area contributed by atoms with E-state index in [1.165, 1.54) is 6.08 Å². The molecule has 1 unspecified atom stereocenters. The van der Waals surface area contributed by atoms with Gasteiger partial charge in [-0.05, 0) is 0 Å². The van der Waals surface area contributed by atoms with Crippen LogP contribution in [-0.4, -0.2) is 27.8 Å². The molecule has 0 aromatic rings. The molecule has 1 aliphatic heterocycles. The Morgan fingerprint density at radius 1 is 1.54 bits per heavy atom. The molecule has 0 aromatic heterocycles. The summed E-state index contributed by atoms with van der Waals surface area (Å²) in [4.78, 5) is 12.0. The summed E-state index contributed by atoms with van der Waals surface area (Å²) in [6, 6.07) is 0. The Balaban J connectivity index is 2.57. The number of hydrogen-bond acceptors (Lipinski definition) is 1. The van der Waals surface area contributed by atoms with Crippen LogP contribution in [0.5, 0.6) is 0 Å². The standard InChI is InChI=1S/C6H4AsBrF3NO/c8-4-1-3(2-7-4)12-5(13)6(9,10)11/h1-2,7H,(H,12,13). The van der Waals surface area contributed by atoms with Crippen molar-refractivity contribution >= 4 is 37.6 Å². The van der Waals surface area contributed by atoms with Crippen molar-refractivity contribution in [2.24, 2.45) is 0 Å². The van der Waals surface area contributed by atoms with E-state index in [9.17, 15) is 18.0 Å². The minimum atomic E-state index is -4.82. The molecule has 0 saturated carbocycles. The quantitative estimate of drug-likeness (QED) is 0.723. The van der Waals surface area contributed by atoms with Crippen molar-refractivity contribution < 1.29 is 18.0 Å². The van der Waals surface area contributed by atoms with Crippen LogP contribution < -0.4 is 5.32 Å². The van der Waals surface area contributed by atoms with E-state index >= 15 is 0 Å². The van der Waals surface area contributed by atoms with Gasteiger partial charge >= 0.3 is 87.0 Å². The van der Waals surface area contributed by atoms with Gasteiger partial charge in [-0.2, -0.15) is 0 Å². The van der Waals surface area contributed by atoms with Crippen molar-refractivity contribution in [1.29, 1.82) is 0 Å². The normalized spacial score (nSPS) is 18.5. The Labute approximate surface area is 87.1 Å². The Kier molecular flexibility index (Phi) is 3.24. The molecule has 0 radical (unpaired) electrons. The topological polar surface area (TPSA) is 29.1 Å². The molecule has 0 spiro atoms. The van der Waals surface area contributed by atoms with Crippen molar-refractivity contribution in [3.8, 4) is 0 Å². The number of allylic oxidation sites excluding steroid dienone is 1. The second kappa shape index (κ2) is 3.88. The molecule has 1 N–H and O–H groups in total. The van der Waals surface area contributed by atoms with Crippen molar-refractivity contribution in [3.63, 3.8) is 0 Å². The van der Waals surface area contributed by atoms with Crippen molar-refractivity contribution in [2.45, 2.75) is 6.18 Å². The molecule has 13 heavy (non-hydrogen) atoms. The van der Waals surface area contributed by atoms with Gasteiger partial charge in [-0.15, -0.1) is 0 Å². The van der Waals surface area contributed by atoms with Crippen LogP contribution in [0.1, 0.15) is 0 Å². The molecule has 1 rings (SSSR count). The maximum atomic E-state index is 11.7. The Morgan fingerprint density at radius 2 is 2.15 bits per heavy atom. The molecule has 0 saturated heterocycles. The summed E-state index contributed by atoms with van der Waals surface area (Å²) >= 11 is 2.63. The first-order chi connectivity index (χ1) is 5.89. The molecule has 0 aromatic carbocycles. The number of amides is 1. The third-order valence-electron chi connectivity index (χ3n) is 1.16. The van der Waals surface area contributed by atoms with E-state index in [2.05, 4.69) is 15.9 Å². The molecule has 0 fully saturated rings. The molecule has 1 aliphatic rings. The van der Waals surface area contributed by atoms with Gasteiger partial charge in [0.25, 0.3) is 0 Å². The van der Waals surface area contributed by atoms with Crippen LogP contribution >= 0.6 is 15.9 Å². The van der Waals surface area contributed by atoms with Crippen molar-refractivity contribution in [1.82, 2.24) is 5.32 Å². The average Bonchev–Trinajstić information content (AvgIpc) is 2.33. The van der Waals surface area contributed by atoms with Gasteiger partial charge in [0.15, 0.2) is 0 Å². The molecule has 1 heterocycles. The van der Waals surface area contributed by atoms with Gasteiger partial charge in [0.1, 0.15) is 0 Å². The van der Waals surface area contributed by atoms with Gasteiger partial charge in [-0.25, -0.2) is 0 Å². The van der Waals surface area contributed by atoms with Gasteiger partial charge in [-0.1, -0.05) is 0 Å².